The van der Waals surface area contributed by atoms with Crippen LogP contribution in [0.5, 0.6) is 5.75 Å². The molecule has 0 saturated carbocycles. The highest BCUT2D eigenvalue weighted by molar-refractivity contribution is 6.32. The number of aliphatic hydroxyl groups is 1. The van der Waals surface area contributed by atoms with Crippen LogP contribution in [-0.2, 0) is 4.79 Å². The van der Waals surface area contributed by atoms with Crippen LogP contribution in [0.1, 0.15) is 52.2 Å². The lowest BCUT2D eigenvalue weighted by molar-refractivity contribution is -0.128. The van der Waals surface area contributed by atoms with E-state index in [0.29, 0.717) is 16.3 Å². The molecule has 1 aromatic carbocycles. The van der Waals surface area contributed by atoms with Crippen molar-refractivity contribution in [2.75, 3.05) is 0 Å². The first-order valence-corrected chi connectivity index (χ1v) is 7.71. The predicted octanol–water partition coefficient (Wildman–Crippen LogP) is 3.47. The van der Waals surface area contributed by atoms with Crippen LogP contribution in [0.3, 0.4) is 0 Å². The van der Waals surface area contributed by atoms with Gasteiger partial charge in [-0.05, 0) is 44.4 Å². The molecule has 21 heavy (non-hydrogen) atoms. The molecule has 0 aliphatic carbocycles. The maximum Gasteiger partial charge on any atom is 0.260 e. The standard InChI is InChI=1S/C16H24ClNO3/c1-5-13(6-2)18-16(20)11(4)21-15-8-7-12(10(3)19)9-14(15)17/h7-11,13,19H,5-6H2,1-4H3,(H,18,20)/t10-,11?/m1/s1. The molecule has 1 amide bonds. The topological polar surface area (TPSA) is 58.6 Å². The molecule has 0 aromatic heterocycles. The zero-order valence-electron chi connectivity index (χ0n) is 13.0. The third kappa shape index (κ3) is 5.21. The third-order valence-electron chi connectivity index (χ3n) is 3.44. The predicted molar refractivity (Wildman–Crippen MR) is 84.7 cm³/mol. The molecule has 0 saturated heterocycles. The van der Waals surface area contributed by atoms with Crippen LogP contribution < -0.4 is 10.1 Å². The van der Waals surface area contributed by atoms with Gasteiger partial charge < -0.3 is 15.2 Å². The van der Waals surface area contributed by atoms with Gasteiger partial charge in [-0.1, -0.05) is 31.5 Å². The fourth-order valence-corrected chi connectivity index (χ4v) is 2.16. The highest BCUT2D eigenvalue weighted by Gasteiger charge is 2.18. The van der Waals surface area contributed by atoms with E-state index in [0.717, 1.165) is 12.8 Å². The minimum atomic E-state index is -0.625. The number of nitrogens with one attached hydrogen (secondary N) is 1. The normalized spacial score (nSPS) is 13.9. The summed E-state index contributed by atoms with van der Waals surface area (Å²) in [5.74, 6) is 0.285. The Morgan fingerprint density at radius 1 is 1.33 bits per heavy atom. The summed E-state index contributed by atoms with van der Waals surface area (Å²) in [4.78, 5) is 12.0. The number of rotatable bonds is 7. The summed E-state index contributed by atoms with van der Waals surface area (Å²) < 4.78 is 5.61. The summed E-state index contributed by atoms with van der Waals surface area (Å²) in [5.41, 5.74) is 0.710. The molecule has 0 radical (unpaired) electrons. The smallest absolute Gasteiger partial charge is 0.260 e. The van der Waals surface area contributed by atoms with Gasteiger partial charge >= 0.3 is 0 Å². The van der Waals surface area contributed by atoms with Crippen LogP contribution >= 0.6 is 11.6 Å². The first kappa shape index (κ1) is 17.8. The number of hydrogen-bond donors (Lipinski definition) is 2. The SMILES string of the molecule is CCC(CC)NC(=O)C(C)Oc1ccc([C@@H](C)O)cc1Cl. The Bertz CT molecular complexity index is 473. The summed E-state index contributed by atoms with van der Waals surface area (Å²) >= 11 is 6.11. The van der Waals surface area contributed by atoms with Crippen LogP contribution in [0.15, 0.2) is 18.2 Å². The van der Waals surface area contributed by atoms with E-state index < -0.39 is 12.2 Å². The monoisotopic (exact) mass is 313 g/mol. The van der Waals surface area contributed by atoms with Crippen LogP contribution in [0.4, 0.5) is 0 Å². The second kappa shape index (κ2) is 8.25. The maximum atomic E-state index is 12.0. The van der Waals surface area contributed by atoms with Crippen molar-refractivity contribution in [3.63, 3.8) is 0 Å². The van der Waals surface area contributed by atoms with Crippen molar-refractivity contribution in [2.24, 2.45) is 0 Å². The Morgan fingerprint density at radius 2 is 1.95 bits per heavy atom. The Morgan fingerprint density at radius 3 is 2.43 bits per heavy atom. The molecular formula is C16H24ClNO3. The van der Waals surface area contributed by atoms with Gasteiger partial charge in [0.25, 0.3) is 5.91 Å². The molecule has 0 bridgehead atoms. The number of benzene rings is 1. The van der Waals surface area contributed by atoms with Crippen molar-refractivity contribution in [3.05, 3.63) is 28.8 Å². The van der Waals surface area contributed by atoms with Crippen molar-refractivity contribution in [2.45, 2.75) is 58.8 Å². The molecule has 118 valence electrons. The summed E-state index contributed by atoms with van der Waals surface area (Å²) in [6, 6.07) is 5.21. The average molecular weight is 314 g/mol. The van der Waals surface area contributed by atoms with E-state index in [4.69, 9.17) is 16.3 Å². The molecule has 0 aliphatic heterocycles. The molecular weight excluding hydrogens is 290 g/mol. The number of carbonyl (C=O) groups is 1. The van der Waals surface area contributed by atoms with Gasteiger partial charge in [0.15, 0.2) is 6.10 Å². The molecule has 4 nitrogen and oxygen atoms in total. The zero-order chi connectivity index (χ0) is 16.0. The lowest BCUT2D eigenvalue weighted by atomic mass is 10.1. The quantitative estimate of drug-likeness (QED) is 0.810. The molecule has 1 unspecified atom stereocenters. The van der Waals surface area contributed by atoms with E-state index in [1.165, 1.54) is 0 Å². The van der Waals surface area contributed by atoms with Gasteiger partial charge in [0.1, 0.15) is 5.75 Å². The van der Waals surface area contributed by atoms with E-state index >= 15 is 0 Å². The van der Waals surface area contributed by atoms with E-state index in [1.54, 1.807) is 32.0 Å². The fourth-order valence-electron chi connectivity index (χ4n) is 1.93. The average Bonchev–Trinajstić information content (AvgIpc) is 2.46. The highest BCUT2D eigenvalue weighted by Crippen LogP contribution is 2.28. The number of carbonyl (C=O) groups excluding carboxylic acids is 1. The van der Waals surface area contributed by atoms with E-state index in [1.807, 2.05) is 13.8 Å². The van der Waals surface area contributed by atoms with Gasteiger partial charge in [0.05, 0.1) is 11.1 Å². The second-order valence-corrected chi connectivity index (χ2v) is 5.56. The van der Waals surface area contributed by atoms with Crippen LogP contribution in [0.25, 0.3) is 0 Å². The van der Waals surface area contributed by atoms with Crippen molar-refractivity contribution in [1.29, 1.82) is 0 Å². The van der Waals surface area contributed by atoms with Crippen molar-refractivity contribution >= 4 is 17.5 Å². The Hall–Kier alpha value is -1.26. The highest BCUT2D eigenvalue weighted by atomic mass is 35.5. The first-order valence-electron chi connectivity index (χ1n) is 7.33. The Labute approximate surface area is 131 Å². The van der Waals surface area contributed by atoms with Crippen molar-refractivity contribution < 1.29 is 14.6 Å². The van der Waals surface area contributed by atoms with Crippen LogP contribution in [-0.4, -0.2) is 23.2 Å². The van der Waals surface area contributed by atoms with E-state index in [-0.39, 0.29) is 11.9 Å². The van der Waals surface area contributed by atoms with Crippen molar-refractivity contribution in [3.8, 4) is 5.75 Å². The van der Waals surface area contributed by atoms with Crippen LogP contribution in [0.2, 0.25) is 5.02 Å². The van der Waals surface area contributed by atoms with Crippen LogP contribution in [0, 0.1) is 0 Å². The zero-order valence-corrected chi connectivity index (χ0v) is 13.8. The van der Waals surface area contributed by atoms with Gasteiger partial charge in [-0.3, -0.25) is 4.79 Å². The van der Waals surface area contributed by atoms with Crippen molar-refractivity contribution in [1.82, 2.24) is 5.32 Å². The summed E-state index contributed by atoms with van der Waals surface area (Å²) in [5, 5.41) is 12.8. The molecule has 2 atom stereocenters. The minimum Gasteiger partial charge on any atom is -0.479 e. The lowest BCUT2D eigenvalue weighted by Crippen LogP contribution is -2.42. The third-order valence-corrected chi connectivity index (χ3v) is 3.74. The second-order valence-electron chi connectivity index (χ2n) is 5.15. The molecule has 5 heteroatoms. The van der Waals surface area contributed by atoms with Gasteiger partial charge in [0, 0.05) is 6.04 Å². The summed E-state index contributed by atoms with van der Waals surface area (Å²) in [6.45, 7) is 7.42. The molecule has 0 spiro atoms. The fraction of sp³-hybridized carbons (Fsp3) is 0.562. The van der Waals surface area contributed by atoms with Gasteiger partial charge in [-0.25, -0.2) is 0 Å². The van der Waals surface area contributed by atoms with Gasteiger partial charge in [-0.2, -0.15) is 0 Å². The number of aliphatic hydroxyl groups excluding tert-OH is 1. The lowest BCUT2D eigenvalue weighted by Gasteiger charge is -2.20. The Balaban J connectivity index is 2.70. The summed E-state index contributed by atoms with van der Waals surface area (Å²) in [7, 11) is 0. The maximum absolute atomic E-state index is 12.0. The molecule has 0 fully saturated rings. The number of amides is 1. The van der Waals surface area contributed by atoms with E-state index in [2.05, 4.69) is 5.32 Å². The molecule has 2 N–H and O–H groups in total. The molecule has 1 aromatic rings. The van der Waals surface area contributed by atoms with Gasteiger partial charge in [-0.15, -0.1) is 0 Å². The number of hydrogen-bond acceptors (Lipinski definition) is 3. The Kier molecular flexibility index (Phi) is 6.99. The molecule has 0 heterocycles. The summed E-state index contributed by atoms with van der Waals surface area (Å²) in [6.07, 6.45) is 0.560. The number of ether oxygens (including phenoxy) is 1. The van der Waals surface area contributed by atoms with Gasteiger partial charge in [0.2, 0.25) is 0 Å². The van der Waals surface area contributed by atoms with E-state index in [9.17, 15) is 9.90 Å². The molecule has 1 rings (SSSR count). The minimum absolute atomic E-state index is 0.153. The largest absolute Gasteiger partial charge is 0.479 e. The number of halogens is 1. The molecule has 0 aliphatic rings. The first-order chi connectivity index (χ1) is 9.88.